The first-order chi connectivity index (χ1) is 14.3. The number of hydrogen-bond donors (Lipinski definition) is 2. The molecule has 0 saturated carbocycles. The van der Waals surface area contributed by atoms with Gasteiger partial charge in [-0.05, 0) is 90.2 Å². The zero-order chi connectivity index (χ0) is 20.7. The summed E-state index contributed by atoms with van der Waals surface area (Å²) >= 11 is 0. The van der Waals surface area contributed by atoms with Gasteiger partial charge in [-0.15, -0.1) is 0 Å². The standard InChI is InChI=1S/C23H40N4O2/c1-4-24-23(25-14-7-8-16-27-17-9-10-18-27)26-15-13-20-11-12-21(28-5-2)22(19-20)29-6-3/h11-12,19H,4-10,13-18H2,1-3H3,(H2,24,25,26). The molecule has 2 rings (SSSR count). The van der Waals surface area contributed by atoms with Gasteiger partial charge >= 0.3 is 0 Å². The molecular weight excluding hydrogens is 364 g/mol. The van der Waals surface area contributed by atoms with Crippen LogP contribution in [0.5, 0.6) is 11.5 Å². The summed E-state index contributed by atoms with van der Waals surface area (Å²) < 4.78 is 11.4. The van der Waals surface area contributed by atoms with Crippen LogP contribution in [0.2, 0.25) is 0 Å². The van der Waals surface area contributed by atoms with Gasteiger partial charge in [-0.2, -0.15) is 0 Å². The van der Waals surface area contributed by atoms with Gasteiger partial charge in [-0.1, -0.05) is 6.07 Å². The first-order valence-electron chi connectivity index (χ1n) is 11.4. The quantitative estimate of drug-likeness (QED) is 0.300. The van der Waals surface area contributed by atoms with Crippen LogP contribution >= 0.6 is 0 Å². The predicted octanol–water partition coefficient (Wildman–Crippen LogP) is 3.46. The molecule has 1 aromatic rings. The van der Waals surface area contributed by atoms with Crippen molar-refractivity contribution in [1.82, 2.24) is 15.5 Å². The molecule has 0 aromatic heterocycles. The summed E-state index contributed by atoms with van der Waals surface area (Å²) in [6, 6.07) is 6.19. The number of aliphatic imine (C=N–C) groups is 1. The number of nitrogens with one attached hydrogen (secondary N) is 2. The van der Waals surface area contributed by atoms with Crippen LogP contribution in [0.3, 0.4) is 0 Å². The number of benzene rings is 1. The van der Waals surface area contributed by atoms with Crippen molar-refractivity contribution in [3.63, 3.8) is 0 Å². The third-order valence-electron chi connectivity index (χ3n) is 5.01. The largest absolute Gasteiger partial charge is 0.490 e. The topological polar surface area (TPSA) is 58.1 Å². The van der Waals surface area contributed by atoms with Crippen molar-refractivity contribution in [2.75, 3.05) is 52.5 Å². The normalized spacial score (nSPS) is 14.8. The lowest BCUT2D eigenvalue weighted by Crippen LogP contribution is -2.38. The van der Waals surface area contributed by atoms with Crippen molar-refractivity contribution in [2.45, 2.75) is 52.9 Å². The molecule has 6 nitrogen and oxygen atoms in total. The minimum Gasteiger partial charge on any atom is -0.490 e. The van der Waals surface area contributed by atoms with Gasteiger partial charge in [-0.25, -0.2) is 0 Å². The number of likely N-dealkylation sites (tertiary alicyclic amines) is 1. The summed E-state index contributed by atoms with van der Waals surface area (Å²) in [7, 11) is 0. The first-order valence-corrected chi connectivity index (χ1v) is 11.4. The Bertz CT molecular complexity index is 601. The average molecular weight is 405 g/mol. The van der Waals surface area contributed by atoms with Gasteiger partial charge in [0.05, 0.1) is 13.2 Å². The first kappa shape index (κ1) is 23.3. The zero-order valence-electron chi connectivity index (χ0n) is 18.6. The van der Waals surface area contributed by atoms with Crippen molar-refractivity contribution >= 4 is 5.96 Å². The molecule has 2 N–H and O–H groups in total. The molecule has 0 amide bonds. The summed E-state index contributed by atoms with van der Waals surface area (Å²) in [6.45, 7) is 13.7. The van der Waals surface area contributed by atoms with E-state index in [0.29, 0.717) is 13.2 Å². The minimum absolute atomic E-state index is 0.636. The van der Waals surface area contributed by atoms with Crippen molar-refractivity contribution in [3.05, 3.63) is 23.8 Å². The van der Waals surface area contributed by atoms with E-state index in [2.05, 4.69) is 34.6 Å². The van der Waals surface area contributed by atoms with Gasteiger partial charge in [0, 0.05) is 19.6 Å². The molecule has 1 fully saturated rings. The van der Waals surface area contributed by atoms with Crippen LogP contribution in [0.1, 0.15) is 52.0 Å². The van der Waals surface area contributed by atoms with E-state index >= 15 is 0 Å². The van der Waals surface area contributed by atoms with Gasteiger partial charge in [0.25, 0.3) is 0 Å². The van der Waals surface area contributed by atoms with E-state index in [4.69, 9.17) is 14.5 Å². The van der Waals surface area contributed by atoms with E-state index in [1.54, 1.807) is 0 Å². The maximum atomic E-state index is 5.72. The lowest BCUT2D eigenvalue weighted by Gasteiger charge is -2.14. The number of ether oxygens (including phenoxy) is 2. The van der Waals surface area contributed by atoms with Gasteiger partial charge in [0.15, 0.2) is 17.5 Å². The molecule has 1 aromatic carbocycles. The molecule has 0 aliphatic carbocycles. The van der Waals surface area contributed by atoms with Crippen molar-refractivity contribution < 1.29 is 9.47 Å². The smallest absolute Gasteiger partial charge is 0.191 e. The number of hydrogen-bond acceptors (Lipinski definition) is 4. The molecule has 1 heterocycles. The Morgan fingerprint density at radius 2 is 1.76 bits per heavy atom. The van der Waals surface area contributed by atoms with Gasteiger partial charge in [0.2, 0.25) is 0 Å². The molecule has 0 bridgehead atoms. The van der Waals surface area contributed by atoms with Gasteiger partial charge in [0.1, 0.15) is 0 Å². The molecule has 0 unspecified atom stereocenters. The molecule has 1 aliphatic rings. The van der Waals surface area contributed by atoms with E-state index in [-0.39, 0.29) is 0 Å². The van der Waals surface area contributed by atoms with Crippen molar-refractivity contribution in [1.29, 1.82) is 0 Å². The minimum atomic E-state index is 0.636. The lowest BCUT2D eigenvalue weighted by molar-refractivity contribution is 0.287. The van der Waals surface area contributed by atoms with Crippen LogP contribution in [0.15, 0.2) is 23.2 Å². The Hall–Kier alpha value is -1.95. The summed E-state index contributed by atoms with van der Waals surface area (Å²) in [4.78, 5) is 7.30. The monoisotopic (exact) mass is 404 g/mol. The maximum Gasteiger partial charge on any atom is 0.191 e. The van der Waals surface area contributed by atoms with E-state index < -0.39 is 0 Å². The lowest BCUT2D eigenvalue weighted by atomic mass is 10.1. The van der Waals surface area contributed by atoms with Crippen molar-refractivity contribution in [3.8, 4) is 11.5 Å². The Morgan fingerprint density at radius 3 is 2.48 bits per heavy atom. The highest BCUT2D eigenvalue weighted by Crippen LogP contribution is 2.28. The Labute approximate surface area is 177 Å². The van der Waals surface area contributed by atoms with E-state index in [9.17, 15) is 0 Å². The summed E-state index contributed by atoms with van der Waals surface area (Å²) in [5.41, 5.74) is 1.23. The Kier molecular flexibility index (Phi) is 11.3. The molecular formula is C23H40N4O2. The summed E-state index contributed by atoms with van der Waals surface area (Å²) in [6.07, 6.45) is 6.02. The molecule has 0 spiro atoms. The maximum absolute atomic E-state index is 5.72. The predicted molar refractivity (Wildman–Crippen MR) is 121 cm³/mol. The fraction of sp³-hybridized carbons (Fsp3) is 0.696. The van der Waals surface area contributed by atoms with Crippen LogP contribution < -0.4 is 20.1 Å². The highest BCUT2D eigenvalue weighted by molar-refractivity contribution is 5.79. The van der Waals surface area contributed by atoms with E-state index in [1.165, 1.54) is 44.5 Å². The van der Waals surface area contributed by atoms with Crippen molar-refractivity contribution in [2.24, 2.45) is 4.99 Å². The molecule has 29 heavy (non-hydrogen) atoms. The number of rotatable bonds is 13. The van der Waals surface area contributed by atoms with Gasteiger partial charge < -0.3 is 25.0 Å². The van der Waals surface area contributed by atoms with Crippen LogP contribution in [-0.2, 0) is 6.42 Å². The third-order valence-corrected chi connectivity index (χ3v) is 5.01. The van der Waals surface area contributed by atoms with E-state index in [1.807, 2.05) is 19.9 Å². The van der Waals surface area contributed by atoms with Crippen LogP contribution in [0.4, 0.5) is 0 Å². The number of unbranched alkanes of at least 4 members (excludes halogenated alkanes) is 1. The number of guanidine groups is 1. The molecule has 6 heteroatoms. The van der Waals surface area contributed by atoms with E-state index in [0.717, 1.165) is 49.9 Å². The fourth-order valence-corrected chi connectivity index (χ4v) is 3.56. The molecule has 0 atom stereocenters. The second-order valence-corrected chi connectivity index (χ2v) is 7.34. The Balaban J connectivity index is 1.75. The highest BCUT2D eigenvalue weighted by Gasteiger charge is 2.10. The Morgan fingerprint density at radius 1 is 1.00 bits per heavy atom. The van der Waals surface area contributed by atoms with Crippen LogP contribution in [-0.4, -0.2) is 63.3 Å². The second kappa shape index (κ2) is 14.1. The molecule has 1 aliphatic heterocycles. The fourth-order valence-electron chi connectivity index (χ4n) is 3.56. The molecule has 1 saturated heterocycles. The van der Waals surface area contributed by atoms with Crippen LogP contribution in [0.25, 0.3) is 0 Å². The third kappa shape index (κ3) is 8.94. The summed E-state index contributed by atoms with van der Waals surface area (Å²) in [5.74, 6) is 2.55. The van der Waals surface area contributed by atoms with Crippen LogP contribution in [0, 0.1) is 0 Å². The molecule has 0 radical (unpaired) electrons. The average Bonchev–Trinajstić information content (AvgIpc) is 3.23. The number of nitrogens with zero attached hydrogens (tertiary/aromatic N) is 2. The molecule has 164 valence electrons. The zero-order valence-corrected chi connectivity index (χ0v) is 18.6. The second-order valence-electron chi connectivity index (χ2n) is 7.34. The highest BCUT2D eigenvalue weighted by atomic mass is 16.5. The van der Waals surface area contributed by atoms with Gasteiger partial charge in [-0.3, -0.25) is 4.99 Å². The summed E-state index contributed by atoms with van der Waals surface area (Å²) in [5, 5.41) is 6.79. The SMILES string of the molecule is CCNC(=NCCCCN1CCCC1)NCCc1ccc(OCC)c(OCC)c1.